The van der Waals surface area contributed by atoms with Gasteiger partial charge in [0.1, 0.15) is 5.69 Å². The molecule has 4 nitrogen and oxygen atoms in total. The zero-order valence-corrected chi connectivity index (χ0v) is 19.3. The fourth-order valence-corrected chi connectivity index (χ4v) is 3.97. The lowest BCUT2D eigenvalue weighted by molar-refractivity contribution is -0.383. The normalized spacial score (nSPS) is 14.7. The monoisotopic (exact) mass is 456 g/mol. The summed E-state index contributed by atoms with van der Waals surface area (Å²) in [6, 6.07) is 23.7. The number of para-hydroxylation sites is 3. The highest BCUT2D eigenvalue weighted by Gasteiger charge is 2.19. The Morgan fingerprint density at radius 1 is 0.794 bits per heavy atom. The van der Waals surface area contributed by atoms with E-state index in [4.69, 9.17) is 8.22 Å². The van der Waals surface area contributed by atoms with E-state index in [9.17, 15) is 10.1 Å². The quantitative estimate of drug-likeness (QED) is 0.242. The molecule has 0 amide bonds. The van der Waals surface area contributed by atoms with E-state index in [2.05, 4.69) is 26.1 Å². The fraction of sp³-hybridized carbons (Fsp3) is 0.200. The lowest BCUT2D eigenvalue weighted by Crippen LogP contribution is -2.10. The van der Waals surface area contributed by atoms with Gasteiger partial charge in [0.25, 0.3) is 5.69 Å². The van der Waals surface area contributed by atoms with Gasteiger partial charge < -0.3 is 5.32 Å². The van der Waals surface area contributed by atoms with Crippen LogP contribution in [0.2, 0.25) is 0 Å². The second kappa shape index (κ2) is 9.14. The van der Waals surface area contributed by atoms with Crippen LogP contribution >= 0.6 is 0 Å². The number of rotatable bonds is 5. The standard InChI is InChI=1S/C30H30N2O2/c1-20-17-21(2)19-23(18-20)26-10-8-9-25(22-13-15-24(16-14-22)30(3,4)5)29(26)31-27-11-6-7-12-28(27)32(33)34/h6-19,31H,1-5H3/i1D3,2D3. The smallest absolute Gasteiger partial charge is 0.292 e. The molecule has 0 radical (unpaired) electrons. The lowest BCUT2D eigenvalue weighted by Gasteiger charge is -2.21. The van der Waals surface area contributed by atoms with Crippen molar-refractivity contribution >= 4 is 17.1 Å². The van der Waals surface area contributed by atoms with Crippen LogP contribution in [-0.4, -0.2) is 4.92 Å². The van der Waals surface area contributed by atoms with Gasteiger partial charge in [-0.05, 0) is 41.9 Å². The molecule has 34 heavy (non-hydrogen) atoms. The average Bonchev–Trinajstić information content (AvgIpc) is 2.87. The van der Waals surface area contributed by atoms with Gasteiger partial charge >= 0.3 is 0 Å². The number of nitro groups is 1. The first-order chi connectivity index (χ1) is 18.6. The molecule has 4 rings (SSSR count). The summed E-state index contributed by atoms with van der Waals surface area (Å²) in [6.45, 7) is 1.27. The van der Waals surface area contributed by atoms with Gasteiger partial charge in [-0.2, -0.15) is 0 Å². The molecule has 0 aliphatic rings. The minimum atomic E-state index is -2.54. The number of aryl methyl sites for hydroxylation is 2. The van der Waals surface area contributed by atoms with Crippen molar-refractivity contribution in [3.05, 3.63) is 112 Å². The lowest BCUT2D eigenvalue weighted by atomic mass is 9.86. The van der Waals surface area contributed by atoms with E-state index in [0.717, 1.165) is 11.1 Å². The summed E-state index contributed by atoms with van der Waals surface area (Å²) in [5.74, 6) is 0. The minimum Gasteiger partial charge on any atom is -0.349 e. The Bertz CT molecular complexity index is 1520. The maximum absolute atomic E-state index is 11.8. The Balaban J connectivity index is 2.01. The Morgan fingerprint density at radius 2 is 1.41 bits per heavy atom. The van der Waals surface area contributed by atoms with Crippen LogP contribution in [0.4, 0.5) is 17.1 Å². The van der Waals surface area contributed by atoms with Gasteiger partial charge in [-0.25, -0.2) is 0 Å². The summed E-state index contributed by atoms with van der Waals surface area (Å²) in [5.41, 5.74) is 3.88. The molecule has 4 heteroatoms. The first kappa shape index (κ1) is 16.7. The van der Waals surface area contributed by atoms with E-state index in [-0.39, 0.29) is 27.9 Å². The molecule has 0 aliphatic heterocycles. The molecule has 4 aromatic rings. The second-order valence-electron chi connectivity index (χ2n) is 9.25. The Kier molecular flexibility index (Phi) is 4.48. The third-order valence-corrected chi connectivity index (χ3v) is 5.73. The zero-order chi connectivity index (χ0) is 29.5. The number of anilines is 2. The highest BCUT2D eigenvalue weighted by Crippen LogP contribution is 2.41. The van der Waals surface area contributed by atoms with Gasteiger partial charge in [-0.3, -0.25) is 10.1 Å². The largest absolute Gasteiger partial charge is 0.349 e. The van der Waals surface area contributed by atoms with Crippen LogP contribution in [-0.2, 0) is 5.41 Å². The number of nitrogens with zero attached hydrogens (tertiary/aromatic N) is 1. The van der Waals surface area contributed by atoms with Crippen molar-refractivity contribution in [2.45, 2.75) is 39.9 Å². The van der Waals surface area contributed by atoms with Gasteiger partial charge in [-0.1, -0.05) is 105 Å². The summed E-state index contributed by atoms with van der Waals surface area (Å²) in [7, 11) is 0. The Hall–Kier alpha value is -3.92. The summed E-state index contributed by atoms with van der Waals surface area (Å²) >= 11 is 0. The van der Waals surface area contributed by atoms with E-state index in [1.165, 1.54) is 24.3 Å². The van der Waals surface area contributed by atoms with Gasteiger partial charge in [0.2, 0.25) is 0 Å². The molecule has 0 saturated carbocycles. The highest BCUT2D eigenvalue weighted by atomic mass is 16.6. The van der Waals surface area contributed by atoms with Crippen molar-refractivity contribution in [3.63, 3.8) is 0 Å². The van der Waals surface area contributed by atoms with E-state index in [1.54, 1.807) is 30.3 Å². The predicted octanol–water partition coefficient (Wildman–Crippen LogP) is 8.59. The van der Waals surface area contributed by atoms with Crippen molar-refractivity contribution < 1.29 is 13.1 Å². The molecule has 0 heterocycles. The number of nitro benzene ring substituents is 1. The van der Waals surface area contributed by atoms with Crippen LogP contribution < -0.4 is 5.32 Å². The summed E-state index contributed by atoms with van der Waals surface area (Å²) in [6.07, 6.45) is 0. The minimum absolute atomic E-state index is 0.0620. The highest BCUT2D eigenvalue weighted by molar-refractivity contribution is 5.94. The number of hydrogen-bond acceptors (Lipinski definition) is 3. The number of benzene rings is 4. The van der Waals surface area contributed by atoms with E-state index in [1.807, 2.05) is 30.3 Å². The molecule has 0 unspecified atom stereocenters. The molecule has 0 aromatic heterocycles. The van der Waals surface area contributed by atoms with Crippen LogP contribution in [0.15, 0.2) is 84.9 Å². The number of hydrogen-bond donors (Lipinski definition) is 1. The molecule has 4 aromatic carbocycles. The topological polar surface area (TPSA) is 55.2 Å². The van der Waals surface area contributed by atoms with Crippen molar-refractivity contribution in [2.24, 2.45) is 0 Å². The predicted molar refractivity (Wildman–Crippen MR) is 142 cm³/mol. The van der Waals surface area contributed by atoms with Gasteiger partial charge in [0.05, 0.1) is 10.6 Å². The third-order valence-electron chi connectivity index (χ3n) is 5.73. The van der Waals surface area contributed by atoms with Gasteiger partial charge in [-0.15, -0.1) is 0 Å². The van der Waals surface area contributed by atoms with E-state index < -0.39 is 18.6 Å². The summed E-state index contributed by atoms with van der Waals surface area (Å²) in [5, 5.41) is 15.0. The van der Waals surface area contributed by atoms with Crippen molar-refractivity contribution in [3.8, 4) is 22.3 Å². The fourth-order valence-electron chi connectivity index (χ4n) is 3.97. The molecular weight excluding hydrogens is 420 g/mol. The summed E-state index contributed by atoms with van der Waals surface area (Å²) in [4.78, 5) is 11.3. The average molecular weight is 457 g/mol. The van der Waals surface area contributed by atoms with Crippen LogP contribution in [0.1, 0.15) is 45.7 Å². The zero-order valence-electron chi connectivity index (χ0n) is 25.3. The molecule has 0 fully saturated rings. The van der Waals surface area contributed by atoms with E-state index in [0.29, 0.717) is 22.4 Å². The molecule has 0 bridgehead atoms. The van der Waals surface area contributed by atoms with Gasteiger partial charge in [0.15, 0.2) is 0 Å². The first-order valence-corrected chi connectivity index (χ1v) is 11.0. The molecule has 0 spiro atoms. The Morgan fingerprint density at radius 3 is 2.00 bits per heavy atom. The Labute approximate surface area is 209 Å². The molecule has 0 atom stereocenters. The molecule has 0 saturated heterocycles. The number of nitrogens with one attached hydrogen (secondary N) is 1. The van der Waals surface area contributed by atoms with Crippen molar-refractivity contribution in [1.82, 2.24) is 0 Å². The van der Waals surface area contributed by atoms with Crippen LogP contribution in [0.3, 0.4) is 0 Å². The SMILES string of the molecule is [2H]C([2H])([2H])c1cc(-c2cccc(-c3ccc(C(C)(C)C)cc3)c2Nc2ccccc2[N+](=O)[O-])cc(C([2H])([2H])[2H])c1. The van der Waals surface area contributed by atoms with Crippen LogP contribution in [0.5, 0.6) is 0 Å². The van der Waals surface area contributed by atoms with Gasteiger partial charge in [0, 0.05) is 25.4 Å². The first-order valence-electron chi connectivity index (χ1n) is 14.0. The van der Waals surface area contributed by atoms with Crippen LogP contribution in [0.25, 0.3) is 22.3 Å². The maximum Gasteiger partial charge on any atom is 0.292 e. The van der Waals surface area contributed by atoms with Crippen LogP contribution in [0, 0.1) is 23.8 Å². The third kappa shape index (κ3) is 4.86. The molecule has 172 valence electrons. The van der Waals surface area contributed by atoms with E-state index >= 15 is 0 Å². The molecule has 1 N–H and O–H groups in total. The maximum atomic E-state index is 11.8. The summed E-state index contributed by atoms with van der Waals surface area (Å²) < 4.78 is 47.7. The molecular formula is C30H30N2O2. The second-order valence-corrected chi connectivity index (χ2v) is 9.25. The van der Waals surface area contributed by atoms with Crippen molar-refractivity contribution in [1.29, 1.82) is 0 Å². The molecule has 0 aliphatic carbocycles. The van der Waals surface area contributed by atoms with Crippen molar-refractivity contribution in [2.75, 3.05) is 5.32 Å².